The molecule has 7 nitrogen and oxygen atoms in total. The first-order chi connectivity index (χ1) is 12.8. The highest BCUT2D eigenvalue weighted by Gasteiger charge is 2.24. The molecule has 1 aliphatic rings. The SMILES string of the molecule is CC(=O)O[C@H](C)OC(=O)NC1CCCC(CC[C@H](C)CCCCC(=O)O)C1. The van der Waals surface area contributed by atoms with Crippen molar-refractivity contribution in [3.8, 4) is 0 Å². The number of carbonyl (C=O) groups excluding carboxylic acids is 2. The quantitative estimate of drug-likeness (QED) is 0.313. The van der Waals surface area contributed by atoms with Crippen LogP contribution < -0.4 is 5.32 Å². The highest BCUT2D eigenvalue weighted by Crippen LogP contribution is 2.30. The number of carboxylic acid groups (broad SMARTS) is 1. The summed E-state index contributed by atoms with van der Waals surface area (Å²) >= 11 is 0. The van der Waals surface area contributed by atoms with E-state index in [0.29, 0.717) is 11.8 Å². The van der Waals surface area contributed by atoms with Crippen LogP contribution in [0.5, 0.6) is 0 Å². The van der Waals surface area contributed by atoms with Gasteiger partial charge in [0.15, 0.2) is 0 Å². The van der Waals surface area contributed by atoms with Gasteiger partial charge in [0, 0.05) is 26.3 Å². The summed E-state index contributed by atoms with van der Waals surface area (Å²) in [6.45, 7) is 5.02. The zero-order valence-electron chi connectivity index (χ0n) is 16.9. The van der Waals surface area contributed by atoms with Crippen molar-refractivity contribution in [3.63, 3.8) is 0 Å². The average Bonchev–Trinajstić information content (AvgIpc) is 2.56. The molecular formula is C20H35NO6. The molecule has 1 amide bonds. The maximum Gasteiger partial charge on any atom is 0.410 e. The van der Waals surface area contributed by atoms with Gasteiger partial charge in [-0.05, 0) is 31.1 Å². The lowest BCUT2D eigenvalue weighted by Crippen LogP contribution is -2.40. The predicted molar refractivity (Wildman–Crippen MR) is 101 cm³/mol. The van der Waals surface area contributed by atoms with E-state index < -0.39 is 24.3 Å². The monoisotopic (exact) mass is 385 g/mol. The van der Waals surface area contributed by atoms with Gasteiger partial charge in [-0.1, -0.05) is 45.4 Å². The molecule has 2 unspecified atom stereocenters. The molecule has 0 bridgehead atoms. The second-order valence-electron chi connectivity index (χ2n) is 7.78. The number of carbonyl (C=O) groups is 3. The maximum absolute atomic E-state index is 11.9. The highest BCUT2D eigenvalue weighted by molar-refractivity contribution is 5.69. The van der Waals surface area contributed by atoms with Gasteiger partial charge in [0.25, 0.3) is 0 Å². The molecule has 0 saturated heterocycles. The lowest BCUT2D eigenvalue weighted by Gasteiger charge is -2.30. The predicted octanol–water partition coefficient (Wildman–Crippen LogP) is 4.24. The smallest absolute Gasteiger partial charge is 0.410 e. The zero-order valence-corrected chi connectivity index (χ0v) is 16.9. The number of alkyl carbamates (subject to hydrolysis) is 1. The molecule has 156 valence electrons. The molecule has 0 heterocycles. The molecule has 0 aromatic carbocycles. The van der Waals surface area contributed by atoms with Gasteiger partial charge in [-0.2, -0.15) is 0 Å². The molecular weight excluding hydrogens is 350 g/mol. The number of ether oxygens (including phenoxy) is 2. The Morgan fingerprint density at radius 3 is 2.52 bits per heavy atom. The first kappa shape index (κ1) is 23.2. The number of esters is 1. The van der Waals surface area contributed by atoms with E-state index in [1.807, 2.05) is 0 Å². The third-order valence-electron chi connectivity index (χ3n) is 5.11. The van der Waals surface area contributed by atoms with E-state index in [9.17, 15) is 14.4 Å². The minimum absolute atomic E-state index is 0.103. The molecule has 1 saturated carbocycles. The summed E-state index contributed by atoms with van der Waals surface area (Å²) in [4.78, 5) is 33.3. The summed E-state index contributed by atoms with van der Waals surface area (Å²) < 4.78 is 9.83. The third kappa shape index (κ3) is 11.5. The summed E-state index contributed by atoms with van der Waals surface area (Å²) in [7, 11) is 0. The molecule has 2 N–H and O–H groups in total. The van der Waals surface area contributed by atoms with Gasteiger partial charge in [-0.3, -0.25) is 9.59 Å². The number of hydrogen-bond donors (Lipinski definition) is 2. The molecule has 4 atom stereocenters. The molecule has 27 heavy (non-hydrogen) atoms. The minimum atomic E-state index is -0.885. The van der Waals surface area contributed by atoms with Crippen LogP contribution in [0.25, 0.3) is 0 Å². The van der Waals surface area contributed by atoms with Gasteiger partial charge in [0.2, 0.25) is 6.29 Å². The number of carboxylic acids is 1. The van der Waals surface area contributed by atoms with Crippen LogP contribution in [0.15, 0.2) is 0 Å². The van der Waals surface area contributed by atoms with E-state index in [4.69, 9.17) is 14.6 Å². The summed E-state index contributed by atoms with van der Waals surface area (Å²) in [5.74, 6) is -0.00706. The van der Waals surface area contributed by atoms with E-state index in [0.717, 1.165) is 51.4 Å². The molecule has 1 fully saturated rings. The van der Waals surface area contributed by atoms with Gasteiger partial charge < -0.3 is 19.9 Å². The standard InChI is InChI=1S/C20H35NO6/c1-14(7-4-5-10-19(23)24)11-12-17-8-6-9-18(13-17)21-20(25)27-16(3)26-15(2)22/h14,16-18H,4-13H2,1-3H3,(H,21,25)(H,23,24)/t14-,16+,17?,18?/m1/s1. The second kappa shape index (κ2) is 12.6. The topological polar surface area (TPSA) is 102 Å². The van der Waals surface area contributed by atoms with Gasteiger partial charge in [0.05, 0.1) is 0 Å². The fourth-order valence-corrected chi connectivity index (χ4v) is 3.73. The number of unbranched alkanes of at least 4 members (excludes halogenated alkanes) is 1. The van der Waals surface area contributed by atoms with Crippen LogP contribution in [-0.2, 0) is 19.1 Å². The molecule has 7 heteroatoms. The van der Waals surface area contributed by atoms with Gasteiger partial charge in [-0.15, -0.1) is 0 Å². The molecule has 0 radical (unpaired) electrons. The van der Waals surface area contributed by atoms with Crippen molar-refractivity contribution in [3.05, 3.63) is 0 Å². The van der Waals surface area contributed by atoms with Gasteiger partial charge in [-0.25, -0.2) is 4.79 Å². The van der Waals surface area contributed by atoms with Crippen LogP contribution in [0.2, 0.25) is 0 Å². The summed E-state index contributed by atoms with van der Waals surface area (Å²) in [6.07, 6.45) is 8.06. The fourth-order valence-electron chi connectivity index (χ4n) is 3.73. The van der Waals surface area contributed by atoms with Crippen LogP contribution in [0.3, 0.4) is 0 Å². The number of rotatable bonds is 11. The minimum Gasteiger partial charge on any atom is -0.481 e. The second-order valence-corrected chi connectivity index (χ2v) is 7.78. The normalized spacial score (nSPS) is 21.7. The molecule has 0 aromatic heterocycles. The first-order valence-corrected chi connectivity index (χ1v) is 10.1. The zero-order chi connectivity index (χ0) is 20.2. The Labute approximate surface area is 162 Å². The van der Waals surface area contributed by atoms with Gasteiger partial charge >= 0.3 is 18.0 Å². The van der Waals surface area contributed by atoms with Crippen molar-refractivity contribution in [1.82, 2.24) is 5.32 Å². The van der Waals surface area contributed by atoms with Crippen molar-refractivity contribution >= 4 is 18.0 Å². The van der Waals surface area contributed by atoms with E-state index >= 15 is 0 Å². The van der Waals surface area contributed by atoms with Crippen LogP contribution >= 0.6 is 0 Å². The van der Waals surface area contributed by atoms with Crippen molar-refractivity contribution in [2.75, 3.05) is 0 Å². The number of hydrogen-bond acceptors (Lipinski definition) is 5. The Bertz CT molecular complexity index is 481. The van der Waals surface area contributed by atoms with E-state index in [-0.39, 0.29) is 12.5 Å². The summed E-state index contributed by atoms with van der Waals surface area (Å²) in [5, 5.41) is 11.6. The van der Waals surface area contributed by atoms with Gasteiger partial charge in [0.1, 0.15) is 0 Å². The van der Waals surface area contributed by atoms with Crippen molar-refractivity contribution in [2.24, 2.45) is 11.8 Å². The average molecular weight is 386 g/mol. The molecule has 0 spiro atoms. The van der Waals surface area contributed by atoms with E-state index in [1.165, 1.54) is 20.3 Å². The Kier molecular flexibility index (Phi) is 10.8. The number of aliphatic carboxylic acids is 1. The lowest BCUT2D eigenvalue weighted by atomic mass is 9.81. The summed E-state index contributed by atoms with van der Waals surface area (Å²) in [5.41, 5.74) is 0. The lowest BCUT2D eigenvalue weighted by molar-refractivity contribution is -0.162. The van der Waals surface area contributed by atoms with Crippen LogP contribution in [0, 0.1) is 11.8 Å². The Morgan fingerprint density at radius 1 is 1.11 bits per heavy atom. The fraction of sp³-hybridized carbons (Fsp3) is 0.850. The first-order valence-electron chi connectivity index (χ1n) is 10.1. The van der Waals surface area contributed by atoms with Crippen LogP contribution in [0.1, 0.15) is 85.0 Å². The Morgan fingerprint density at radius 2 is 1.85 bits per heavy atom. The maximum atomic E-state index is 11.9. The largest absolute Gasteiger partial charge is 0.481 e. The molecule has 0 aromatic rings. The van der Waals surface area contributed by atoms with Crippen molar-refractivity contribution in [2.45, 2.75) is 97.3 Å². The molecule has 1 aliphatic carbocycles. The Hall–Kier alpha value is -1.79. The molecule has 1 rings (SSSR count). The van der Waals surface area contributed by atoms with Crippen LogP contribution in [0.4, 0.5) is 4.79 Å². The third-order valence-corrected chi connectivity index (χ3v) is 5.11. The highest BCUT2D eigenvalue weighted by atomic mass is 16.7. The Balaban J connectivity index is 2.22. The molecule has 0 aliphatic heterocycles. The number of nitrogens with one attached hydrogen (secondary N) is 1. The van der Waals surface area contributed by atoms with Crippen molar-refractivity contribution < 1.29 is 29.0 Å². The van der Waals surface area contributed by atoms with E-state index in [1.54, 1.807) is 0 Å². The van der Waals surface area contributed by atoms with Crippen molar-refractivity contribution in [1.29, 1.82) is 0 Å². The van der Waals surface area contributed by atoms with Crippen LogP contribution in [-0.4, -0.2) is 35.5 Å². The van der Waals surface area contributed by atoms with E-state index in [2.05, 4.69) is 12.2 Å². The number of amides is 1. The summed E-state index contributed by atoms with van der Waals surface area (Å²) in [6, 6.07) is 0.103.